The summed E-state index contributed by atoms with van der Waals surface area (Å²) in [6, 6.07) is 12.6. The number of benzene rings is 2. The van der Waals surface area contributed by atoms with Crippen molar-refractivity contribution < 1.29 is 9.53 Å². The highest BCUT2D eigenvalue weighted by molar-refractivity contribution is 6.00. The zero-order valence-electron chi connectivity index (χ0n) is 11.3. The number of Topliss-reactive ketones (excluding diaryl/α,β-unsaturated/α-hetero) is 1. The molecule has 0 radical (unpaired) electrons. The molecule has 1 aliphatic carbocycles. The van der Waals surface area contributed by atoms with Gasteiger partial charge in [-0.3, -0.25) is 4.79 Å². The number of carbonyl (C=O) groups is 1. The fourth-order valence-electron chi connectivity index (χ4n) is 3.17. The van der Waals surface area contributed by atoms with Gasteiger partial charge in [0.2, 0.25) is 0 Å². The van der Waals surface area contributed by atoms with Gasteiger partial charge in [0.1, 0.15) is 5.75 Å². The van der Waals surface area contributed by atoms with Gasteiger partial charge < -0.3 is 4.74 Å². The van der Waals surface area contributed by atoms with E-state index < -0.39 is 0 Å². The van der Waals surface area contributed by atoms with Gasteiger partial charge >= 0.3 is 0 Å². The fourth-order valence-corrected chi connectivity index (χ4v) is 3.17. The first-order chi connectivity index (χ1) is 9.81. The lowest BCUT2D eigenvalue weighted by molar-refractivity contribution is 0.0994. The predicted octanol–water partition coefficient (Wildman–Crippen LogP) is 3.81. The van der Waals surface area contributed by atoms with E-state index in [2.05, 4.69) is 30.3 Å². The van der Waals surface area contributed by atoms with Crippen molar-refractivity contribution in [1.29, 1.82) is 0 Å². The maximum atomic E-state index is 11.7. The predicted molar refractivity (Wildman–Crippen MR) is 78.3 cm³/mol. The summed E-state index contributed by atoms with van der Waals surface area (Å²) in [6.45, 7) is 0.827. The van der Waals surface area contributed by atoms with Gasteiger partial charge in [-0.25, -0.2) is 0 Å². The largest absolute Gasteiger partial charge is 0.493 e. The Balaban J connectivity index is 1.76. The second kappa shape index (κ2) is 4.48. The van der Waals surface area contributed by atoms with E-state index in [4.69, 9.17) is 4.74 Å². The van der Waals surface area contributed by atoms with E-state index >= 15 is 0 Å². The molecule has 2 aromatic carbocycles. The van der Waals surface area contributed by atoms with Crippen LogP contribution in [0.4, 0.5) is 0 Å². The fraction of sp³-hybridized carbons (Fsp3) is 0.278. The molecule has 2 aliphatic rings. The number of ether oxygens (including phenoxy) is 1. The molecule has 0 saturated heterocycles. The van der Waals surface area contributed by atoms with E-state index in [1.807, 2.05) is 6.07 Å². The number of fused-ring (bicyclic) bond motifs is 2. The number of rotatable bonds is 1. The van der Waals surface area contributed by atoms with Crippen molar-refractivity contribution in [3.05, 3.63) is 53.1 Å². The van der Waals surface area contributed by atoms with Crippen molar-refractivity contribution in [1.82, 2.24) is 0 Å². The van der Waals surface area contributed by atoms with Gasteiger partial charge in [0.15, 0.2) is 5.78 Å². The van der Waals surface area contributed by atoms with Gasteiger partial charge in [-0.1, -0.05) is 24.3 Å². The minimum Gasteiger partial charge on any atom is -0.493 e. The lowest BCUT2D eigenvalue weighted by Gasteiger charge is -2.18. The molecule has 0 bridgehead atoms. The van der Waals surface area contributed by atoms with Gasteiger partial charge in [-0.15, -0.1) is 0 Å². The minimum atomic E-state index is 0.283. The topological polar surface area (TPSA) is 26.3 Å². The molecule has 0 saturated carbocycles. The second-order valence-corrected chi connectivity index (χ2v) is 5.57. The number of ketones is 1. The molecule has 0 spiro atoms. The molecule has 4 rings (SSSR count). The monoisotopic (exact) mass is 264 g/mol. The highest BCUT2D eigenvalue weighted by Crippen LogP contribution is 2.32. The van der Waals surface area contributed by atoms with E-state index in [1.54, 1.807) is 0 Å². The molecule has 1 heterocycles. The minimum absolute atomic E-state index is 0.283. The number of hydrogen-bond acceptors (Lipinski definition) is 2. The second-order valence-electron chi connectivity index (χ2n) is 5.57. The first kappa shape index (κ1) is 11.7. The van der Waals surface area contributed by atoms with Crippen LogP contribution in [0.3, 0.4) is 0 Å². The summed E-state index contributed by atoms with van der Waals surface area (Å²) in [4.78, 5) is 11.7. The van der Waals surface area contributed by atoms with E-state index in [1.165, 1.54) is 22.3 Å². The SMILES string of the molecule is O=C1CCc2cc(-c3ccc4c(c3)CCCO4)ccc21. The smallest absolute Gasteiger partial charge is 0.163 e. The van der Waals surface area contributed by atoms with Gasteiger partial charge in [-0.05, 0) is 53.6 Å². The maximum absolute atomic E-state index is 11.7. The summed E-state index contributed by atoms with van der Waals surface area (Å²) in [7, 11) is 0. The van der Waals surface area contributed by atoms with Crippen molar-refractivity contribution in [3.8, 4) is 16.9 Å². The zero-order chi connectivity index (χ0) is 13.5. The molecule has 0 amide bonds. The maximum Gasteiger partial charge on any atom is 0.163 e. The number of aryl methyl sites for hydroxylation is 2. The van der Waals surface area contributed by atoms with E-state index in [9.17, 15) is 4.79 Å². The average Bonchev–Trinajstić information content (AvgIpc) is 2.88. The summed E-state index contributed by atoms with van der Waals surface area (Å²) < 4.78 is 5.66. The van der Waals surface area contributed by atoms with Crippen molar-refractivity contribution in [2.45, 2.75) is 25.7 Å². The Bertz CT molecular complexity index is 701. The van der Waals surface area contributed by atoms with Crippen molar-refractivity contribution in [3.63, 3.8) is 0 Å². The lowest BCUT2D eigenvalue weighted by atomic mass is 9.96. The molecule has 0 atom stereocenters. The third-order valence-electron chi connectivity index (χ3n) is 4.27. The van der Waals surface area contributed by atoms with Crippen molar-refractivity contribution in [2.24, 2.45) is 0 Å². The summed E-state index contributed by atoms with van der Waals surface area (Å²) in [5, 5.41) is 0. The van der Waals surface area contributed by atoms with Gasteiger partial charge in [-0.2, -0.15) is 0 Å². The van der Waals surface area contributed by atoms with Crippen LogP contribution in [-0.4, -0.2) is 12.4 Å². The molecule has 0 fully saturated rings. The highest BCUT2D eigenvalue weighted by atomic mass is 16.5. The molecular formula is C18H16O2. The standard InChI is InChI=1S/C18H16O2/c19-17-7-4-14-10-12(3-6-16(14)17)13-5-8-18-15(11-13)2-1-9-20-18/h3,5-6,8,10-11H,1-2,4,7,9H2. The van der Waals surface area contributed by atoms with Gasteiger partial charge in [0, 0.05) is 12.0 Å². The van der Waals surface area contributed by atoms with Crippen LogP contribution in [0.2, 0.25) is 0 Å². The Kier molecular flexibility index (Phi) is 2.62. The van der Waals surface area contributed by atoms with E-state index in [0.29, 0.717) is 6.42 Å². The Morgan fingerprint density at radius 3 is 2.55 bits per heavy atom. The lowest BCUT2D eigenvalue weighted by Crippen LogP contribution is -2.08. The van der Waals surface area contributed by atoms with Crippen LogP contribution in [-0.2, 0) is 12.8 Å². The van der Waals surface area contributed by atoms with Crippen LogP contribution in [0, 0.1) is 0 Å². The Hall–Kier alpha value is -2.09. The van der Waals surface area contributed by atoms with E-state index in [0.717, 1.165) is 37.2 Å². The normalized spacial score (nSPS) is 16.5. The Labute approximate surface area is 118 Å². The first-order valence-electron chi connectivity index (χ1n) is 7.23. The molecule has 20 heavy (non-hydrogen) atoms. The quantitative estimate of drug-likeness (QED) is 0.783. The third-order valence-corrected chi connectivity index (χ3v) is 4.27. The third kappa shape index (κ3) is 1.83. The van der Waals surface area contributed by atoms with Gasteiger partial charge in [0.25, 0.3) is 0 Å². The number of hydrogen-bond donors (Lipinski definition) is 0. The average molecular weight is 264 g/mol. The molecule has 2 nitrogen and oxygen atoms in total. The van der Waals surface area contributed by atoms with Crippen molar-refractivity contribution in [2.75, 3.05) is 6.61 Å². The summed E-state index contributed by atoms with van der Waals surface area (Å²) >= 11 is 0. The van der Waals surface area contributed by atoms with Crippen LogP contribution in [0.5, 0.6) is 5.75 Å². The summed E-state index contributed by atoms with van der Waals surface area (Å²) in [5.41, 5.74) is 5.82. The molecule has 2 aromatic rings. The summed E-state index contributed by atoms with van der Waals surface area (Å²) in [6.07, 6.45) is 3.73. The molecule has 0 unspecified atom stereocenters. The van der Waals surface area contributed by atoms with E-state index in [-0.39, 0.29) is 5.78 Å². The van der Waals surface area contributed by atoms with Crippen LogP contribution in [0.1, 0.15) is 34.3 Å². The zero-order valence-corrected chi connectivity index (χ0v) is 11.3. The molecule has 0 aromatic heterocycles. The van der Waals surface area contributed by atoms with Crippen molar-refractivity contribution >= 4 is 5.78 Å². The molecule has 0 N–H and O–H groups in total. The molecule has 100 valence electrons. The molecule has 2 heteroatoms. The van der Waals surface area contributed by atoms with Crippen LogP contribution in [0.15, 0.2) is 36.4 Å². The van der Waals surface area contributed by atoms with Crippen LogP contribution < -0.4 is 4.74 Å². The molecule has 1 aliphatic heterocycles. The van der Waals surface area contributed by atoms with Crippen LogP contribution in [0.25, 0.3) is 11.1 Å². The first-order valence-corrected chi connectivity index (χ1v) is 7.23. The molecular weight excluding hydrogens is 248 g/mol. The summed E-state index contributed by atoms with van der Waals surface area (Å²) in [5.74, 6) is 1.31. The number of carbonyl (C=O) groups excluding carboxylic acids is 1. The van der Waals surface area contributed by atoms with Gasteiger partial charge in [0.05, 0.1) is 6.61 Å². The Morgan fingerprint density at radius 2 is 1.65 bits per heavy atom. The van der Waals surface area contributed by atoms with Crippen LogP contribution >= 0.6 is 0 Å². The Morgan fingerprint density at radius 1 is 0.850 bits per heavy atom. The highest BCUT2D eigenvalue weighted by Gasteiger charge is 2.19.